The molecule has 4 rings (SSSR count). The molecule has 11 nitrogen and oxygen atoms in total. The third-order valence-corrected chi connectivity index (χ3v) is 5.69. The van der Waals surface area contributed by atoms with Crippen LogP contribution in [0.3, 0.4) is 0 Å². The van der Waals surface area contributed by atoms with Gasteiger partial charge in [0.05, 0.1) is 5.69 Å². The number of aliphatic carboxylic acids is 2. The zero-order valence-electron chi connectivity index (χ0n) is 21.6. The van der Waals surface area contributed by atoms with Crippen LogP contribution in [0.4, 0.5) is 5.82 Å². The molecule has 11 heteroatoms. The molecular weight excluding hydrogens is 478 g/mol. The predicted octanol–water partition coefficient (Wildman–Crippen LogP) is 3.98. The van der Waals surface area contributed by atoms with Crippen LogP contribution in [0.15, 0.2) is 18.2 Å². The lowest BCUT2D eigenvalue weighted by molar-refractivity contribution is -0.137. The highest BCUT2D eigenvalue weighted by molar-refractivity contribution is 5.87. The second-order valence-corrected chi connectivity index (χ2v) is 8.69. The molecule has 2 aromatic heterocycles. The van der Waals surface area contributed by atoms with E-state index in [1.807, 2.05) is 29.9 Å². The Balaban J connectivity index is 0.000000695. The van der Waals surface area contributed by atoms with E-state index in [0.717, 1.165) is 58.9 Å². The number of carboxylic acid groups (broad SMARTS) is 2. The van der Waals surface area contributed by atoms with Crippen LogP contribution in [-0.4, -0.2) is 55.1 Å². The molecule has 1 aromatic carbocycles. The monoisotopic (exact) mass is 513 g/mol. The van der Waals surface area contributed by atoms with Gasteiger partial charge in [0.25, 0.3) is 0 Å². The summed E-state index contributed by atoms with van der Waals surface area (Å²) in [6, 6.07) is 5.92. The number of aromatic nitrogens is 4. The van der Waals surface area contributed by atoms with E-state index >= 15 is 0 Å². The minimum atomic E-state index is -0.777. The van der Waals surface area contributed by atoms with Gasteiger partial charge in [0, 0.05) is 32.9 Å². The van der Waals surface area contributed by atoms with Crippen LogP contribution in [0.1, 0.15) is 63.0 Å². The molecule has 200 valence electrons. The number of aryl methyl sites for hydroxylation is 3. The fourth-order valence-corrected chi connectivity index (χ4v) is 3.87. The third-order valence-electron chi connectivity index (χ3n) is 5.69. The Morgan fingerprint density at radius 3 is 2.43 bits per heavy atom. The number of nitrogens with zero attached hydrogens (tertiary/aromatic N) is 4. The summed E-state index contributed by atoms with van der Waals surface area (Å²) < 4.78 is 13.1. The first-order chi connectivity index (χ1) is 17.8. The number of carboxylic acids is 2. The van der Waals surface area contributed by atoms with Crippen molar-refractivity contribution in [2.24, 2.45) is 7.05 Å². The van der Waals surface area contributed by atoms with Gasteiger partial charge in [0.1, 0.15) is 30.1 Å². The molecule has 0 saturated carbocycles. The Morgan fingerprint density at radius 2 is 1.76 bits per heavy atom. The van der Waals surface area contributed by atoms with E-state index in [1.165, 1.54) is 0 Å². The van der Waals surface area contributed by atoms with Gasteiger partial charge in [0.15, 0.2) is 17.3 Å². The summed E-state index contributed by atoms with van der Waals surface area (Å²) in [6.07, 6.45) is 4.15. The Morgan fingerprint density at radius 1 is 1.03 bits per heavy atom. The molecule has 37 heavy (non-hydrogen) atoms. The average Bonchev–Trinajstić information content (AvgIpc) is 3.20. The highest BCUT2D eigenvalue weighted by atomic mass is 16.6. The number of unbranched alkanes of at least 4 members (excludes halogenated alkanes) is 1. The molecule has 0 saturated heterocycles. The van der Waals surface area contributed by atoms with Crippen LogP contribution in [-0.2, 0) is 36.0 Å². The molecule has 0 radical (unpaired) electrons. The number of benzene rings is 1. The van der Waals surface area contributed by atoms with Crippen LogP contribution in [0.2, 0.25) is 0 Å². The highest BCUT2D eigenvalue weighted by Crippen LogP contribution is 2.31. The van der Waals surface area contributed by atoms with Gasteiger partial charge in [-0.2, -0.15) is 5.10 Å². The number of rotatable bonds is 11. The van der Waals surface area contributed by atoms with Gasteiger partial charge in [-0.25, -0.2) is 9.97 Å². The maximum absolute atomic E-state index is 10.8. The van der Waals surface area contributed by atoms with Crippen molar-refractivity contribution in [3.8, 4) is 11.5 Å². The van der Waals surface area contributed by atoms with Crippen molar-refractivity contribution < 1.29 is 29.3 Å². The number of fused-ring (bicyclic) bond motifs is 2. The number of ether oxygens (including phenoxy) is 2. The summed E-state index contributed by atoms with van der Waals surface area (Å²) in [4.78, 5) is 29.7. The number of nitrogens with one attached hydrogen (secondary N) is 1. The van der Waals surface area contributed by atoms with Gasteiger partial charge in [-0.3, -0.25) is 14.3 Å². The van der Waals surface area contributed by atoms with Crippen molar-refractivity contribution in [1.82, 2.24) is 19.7 Å². The largest absolute Gasteiger partial charge is 0.486 e. The van der Waals surface area contributed by atoms with Gasteiger partial charge in [-0.1, -0.05) is 26.3 Å². The summed E-state index contributed by atoms with van der Waals surface area (Å²) in [5, 5.41) is 24.7. The second kappa shape index (κ2) is 13.4. The number of hydrogen-bond acceptors (Lipinski definition) is 8. The van der Waals surface area contributed by atoms with E-state index in [-0.39, 0.29) is 12.8 Å². The fourth-order valence-electron chi connectivity index (χ4n) is 3.87. The van der Waals surface area contributed by atoms with Crippen molar-refractivity contribution >= 4 is 28.8 Å². The molecule has 3 heterocycles. The van der Waals surface area contributed by atoms with Crippen molar-refractivity contribution in [1.29, 1.82) is 0 Å². The number of hydrogen-bond donors (Lipinski definition) is 3. The summed E-state index contributed by atoms with van der Waals surface area (Å²) >= 11 is 0. The summed E-state index contributed by atoms with van der Waals surface area (Å²) in [5.74, 6) is 1.44. The van der Waals surface area contributed by atoms with E-state index in [0.29, 0.717) is 38.4 Å². The molecular formula is C26H35N5O6. The second-order valence-electron chi connectivity index (χ2n) is 8.69. The SMILES string of the molecule is CCC(=O)O.CCCc1nn(C)c2c(NCc3ccc4c(c3)OCCO4)nc(CCCCC(=O)O)nc12. The molecule has 0 amide bonds. The minimum Gasteiger partial charge on any atom is -0.486 e. The number of anilines is 1. The van der Waals surface area contributed by atoms with Crippen molar-refractivity contribution in [3.63, 3.8) is 0 Å². The van der Waals surface area contributed by atoms with Crippen LogP contribution >= 0.6 is 0 Å². The molecule has 0 atom stereocenters. The van der Waals surface area contributed by atoms with E-state index in [9.17, 15) is 9.59 Å². The van der Waals surface area contributed by atoms with Gasteiger partial charge in [0.2, 0.25) is 0 Å². The topological polar surface area (TPSA) is 149 Å². The molecule has 1 aliphatic heterocycles. The van der Waals surface area contributed by atoms with Crippen LogP contribution in [0.5, 0.6) is 11.5 Å². The molecule has 0 aliphatic carbocycles. The quantitative estimate of drug-likeness (QED) is 0.321. The molecule has 0 unspecified atom stereocenters. The molecule has 3 N–H and O–H groups in total. The van der Waals surface area contributed by atoms with Crippen molar-refractivity contribution in [3.05, 3.63) is 35.3 Å². The lowest BCUT2D eigenvalue weighted by Gasteiger charge is -2.19. The zero-order chi connectivity index (χ0) is 26.8. The van der Waals surface area contributed by atoms with Gasteiger partial charge >= 0.3 is 11.9 Å². The zero-order valence-corrected chi connectivity index (χ0v) is 21.6. The lowest BCUT2D eigenvalue weighted by Crippen LogP contribution is -2.15. The molecule has 0 spiro atoms. The third kappa shape index (κ3) is 7.80. The molecule has 0 bridgehead atoms. The molecule has 1 aliphatic rings. The average molecular weight is 514 g/mol. The van der Waals surface area contributed by atoms with Gasteiger partial charge in [-0.15, -0.1) is 0 Å². The first-order valence-corrected chi connectivity index (χ1v) is 12.6. The van der Waals surface area contributed by atoms with Gasteiger partial charge in [-0.05, 0) is 37.0 Å². The Kier molecular flexibility index (Phi) is 10.0. The first-order valence-electron chi connectivity index (χ1n) is 12.6. The number of carbonyl (C=O) groups is 2. The van der Waals surface area contributed by atoms with Crippen LogP contribution in [0, 0.1) is 0 Å². The smallest absolute Gasteiger partial charge is 0.303 e. The minimum absolute atomic E-state index is 0.158. The van der Waals surface area contributed by atoms with Crippen LogP contribution in [0.25, 0.3) is 11.0 Å². The Bertz CT molecular complexity index is 1230. The van der Waals surface area contributed by atoms with Crippen molar-refractivity contribution in [2.75, 3.05) is 18.5 Å². The first kappa shape index (κ1) is 27.7. The lowest BCUT2D eigenvalue weighted by atomic mass is 10.1. The van der Waals surface area contributed by atoms with E-state index in [4.69, 9.17) is 29.7 Å². The van der Waals surface area contributed by atoms with E-state index in [1.54, 1.807) is 6.92 Å². The normalized spacial score (nSPS) is 12.1. The summed E-state index contributed by atoms with van der Waals surface area (Å²) in [5.41, 5.74) is 3.75. The Labute approximate surface area is 215 Å². The fraction of sp³-hybridized carbons (Fsp3) is 0.500. The highest BCUT2D eigenvalue weighted by Gasteiger charge is 2.18. The molecule has 3 aromatic rings. The van der Waals surface area contributed by atoms with Gasteiger partial charge < -0.3 is 25.0 Å². The van der Waals surface area contributed by atoms with Crippen LogP contribution < -0.4 is 14.8 Å². The van der Waals surface area contributed by atoms with Crippen molar-refractivity contribution in [2.45, 2.75) is 65.3 Å². The maximum Gasteiger partial charge on any atom is 0.303 e. The van der Waals surface area contributed by atoms with E-state index in [2.05, 4.69) is 17.3 Å². The predicted molar refractivity (Wildman–Crippen MR) is 138 cm³/mol. The summed E-state index contributed by atoms with van der Waals surface area (Å²) in [6.45, 7) is 5.41. The maximum atomic E-state index is 10.8. The Hall–Kier alpha value is -3.89. The molecule has 0 fully saturated rings. The standard InChI is InChI=1S/C23H29N5O4.C3H6O2/c1-3-6-16-21-22(28(2)27-16)23(26-19(25-21)7-4-5-8-20(29)30)24-14-15-9-10-17-18(13-15)32-12-11-31-17;1-2-3(4)5/h9-10,13H,3-8,11-12,14H2,1-2H3,(H,29,30)(H,24,25,26);2H2,1H3,(H,4,5). The van der Waals surface area contributed by atoms with E-state index < -0.39 is 11.9 Å². The summed E-state index contributed by atoms with van der Waals surface area (Å²) in [7, 11) is 1.91.